The van der Waals surface area contributed by atoms with E-state index in [2.05, 4.69) is 0 Å². The van der Waals surface area contributed by atoms with Gasteiger partial charge >= 0.3 is 0 Å². The smallest absolute Gasteiger partial charge is 0.197 e. The standard InChI is InChI=1S/C22H22O6/c1-27-17-9-10-19-18(11-17)21(20(28-19)4-2-3-16(25)13-24)22(26)15-7-5-14(12-23)6-8-15/h5-11,23-24H,2-4,12-13H2,1H3. The van der Waals surface area contributed by atoms with Crippen LogP contribution in [0.4, 0.5) is 0 Å². The summed E-state index contributed by atoms with van der Waals surface area (Å²) >= 11 is 0. The van der Waals surface area contributed by atoms with Gasteiger partial charge in [0, 0.05) is 23.8 Å². The predicted octanol–water partition coefficient (Wildman–Crippen LogP) is 3.05. The van der Waals surface area contributed by atoms with Gasteiger partial charge in [-0.2, -0.15) is 0 Å². The lowest BCUT2D eigenvalue weighted by Gasteiger charge is -2.05. The van der Waals surface area contributed by atoms with Crippen LogP contribution < -0.4 is 4.74 Å². The van der Waals surface area contributed by atoms with Gasteiger partial charge in [-0.15, -0.1) is 0 Å². The Hall–Kier alpha value is -2.96. The molecule has 3 rings (SSSR count). The minimum absolute atomic E-state index is 0.0928. The van der Waals surface area contributed by atoms with Gasteiger partial charge < -0.3 is 19.4 Å². The monoisotopic (exact) mass is 382 g/mol. The van der Waals surface area contributed by atoms with Gasteiger partial charge in [-0.3, -0.25) is 9.59 Å². The summed E-state index contributed by atoms with van der Waals surface area (Å²) in [4.78, 5) is 24.6. The number of carbonyl (C=O) groups excluding carboxylic acids is 2. The zero-order chi connectivity index (χ0) is 20.1. The zero-order valence-corrected chi connectivity index (χ0v) is 15.6. The molecule has 0 bridgehead atoms. The highest BCUT2D eigenvalue weighted by Crippen LogP contribution is 2.32. The highest BCUT2D eigenvalue weighted by atomic mass is 16.5. The lowest BCUT2D eigenvalue weighted by molar-refractivity contribution is -0.121. The van der Waals surface area contributed by atoms with E-state index in [9.17, 15) is 14.7 Å². The second-order valence-electron chi connectivity index (χ2n) is 6.50. The summed E-state index contributed by atoms with van der Waals surface area (Å²) in [5.74, 6) is 0.676. The Morgan fingerprint density at radius 1 is 1.07 bits per heavy atom. The largest absolute Gasteiger partial charge is 0.497 e. The van der Waals surface area contributed by atoms with Crippen LogP contribution in [0, 0.1) is 0 Å². The highest BCUT2D eigenvalue weighted by molar-refractivity contribution is 6.17. The Morgan fingerprint density at radius 2 is 1.82 bits per heavy atom. The minimum atomic E-state index is -0.486. The third-order valence-electron chi connectivity index (χ3n) is 4.63. The molecule has 6 nitrogen and oxygen atoms in total. The van der Waals surface area contributed by atoms with E-state index in [1.165, 1.54) is 0 Å². The van der Waals surface area contributed by atoms with Gasteiger partial charge in [0.1, 0.15) is 23.7 Å². The van der Waals surface area contributed by atoms with Gasteiger partial charge in [-0.25, -0.2) is 0 Å². The van der Waals surface area contributed by atoms with Crippen LogP contribution in [0.25, 0.3) is 11.0 Å². The molecule has 3 aromatic rings. The molecule has 0 atom stereocenters. The van der Waals surface area contributed by atoms with E-state index in [-0.39, 0.29) is 24.6 Å². The first kappa shape index (κ1) is 19.8. The van der Waals surface area contributed by atoms with Crippen molar-refractivity contribution in [1.82, 2.24) is 0 Å². The molecule has 0 fully saturated rings. The van der Waals surface area contributed by atoms with Crippen LogP contribution in [-0.2, 0) is 17.8 Å². The highest BCUT2D eigenvalue weighted by Gasteiger charge is 2.22. The molecule has 0 saturated heterocycles. The van der Waals surface area contributed by atoms with Crippen LogP contribution in [0.1, 0.15) is 40.1 Å². The van der Waals surface area contributed by atoms with E-state index in [1.54, 1.807) is 49.6 Å². The quantitative estimate of drug-likeness (QED) is 0.552. The fourth-order valence-corrected chi connectivity index (χ4v) is 3.11. The molecule has 0 amide bonds. The number of Topliss-reactive ketones (excluding diaryl/α,β-unsaturated/α-hetero) is 1. The number of aryl methyl sites for hydroxylation is 1. The van der Waals surface area contributed by atoms with Crippen LogP contribution in [0.5, 0.6) is 5.75 Å². The number of carbonyl (C=O) groups is 2. The van der Waals surface area contributed by atoms with Crippen LogP contribution in [0.3, 0.4) is 0 Å². The number of rotatable bonds is 9. The summed E-state index contributed by atoms with van der Waals surface area (Å²) < 4.78 is 11.2. The van der Waals surface area contributed by atoms with Crippen molar-refractivity contribution in [2.75, 3.05) is 13.7 Å². The van der Waals surface area contributed by atoms with E-state index in [1.807, 2.05) is 0 Å². The first-order valence-corrected chi connectivity index (χ1v) is 9.03. The SMILES string of the molecule is COc1ccc2oc(CCCC(=O)CO)c(C(=O)c3ccc(CO)cc3)c2c1. The third kappa shape index (κ3) is 4.13. The minimum Gasteiger partial charge on any atom is -0.497 e. The molecule has 6 heteroatoms. The van der Waals surface area contributed by atoms with E-state index in [0.717, 1.165) is 5.56 Å². The molecule has 2 N–H and O–H groups in total. The topological polar surface area (TPSA) is 97.0 Å². The number of ketones is 2. The molecule has 0 saturated carbocycles. The summed E-state index contributed by atoms with van der Waals surface area (Å²) in [5.41, 5.74) is 2.22. The second-order valence-corrected chi connectivity index (χ2v) is 6.50. The van der Waals surface area contributed by atoms with Crippen LogP contribution in [0.2, 0.25) is 0 Å². The summed E-state index contributed by atoms with van der Waals surface area (Å²) in [6.07, 6.45) is 1.09. The van der Waals surface area contributed by atoms with Gasteiger partial charge in [0.05, 0.1) is 19.3 Å². The van der Waals surface area contributed by atoms with Crippen molar-refractivity contribution < 1.29 is 29.0 Å². The number of benzene rings is 2. The number of aliphatic hydroxyl groups is 2. The number of hydrogen-bond acceptors (Lipinski definition) is 6. The van der Waals surface area contributed by atoms with Gasteiger partial charge in [0.25, 0.3) is 0 Å². The lowest BCUT2D eigenvalue weighted by Crippen LogP contribution is -2.06. The second kappa shape index (κ2) is 8.82. The molecule has 1 heterocycles. The molecule has 1 aromatic heterocycles. The first-order chi connectivity index (χ1) is 13.6. The van der Waals surface area contributed by atoms with Crippen molar-refractivity contribution in [3.63, 3.8) is 0 Å². The van der Waals surface area contributed by atoms with Gasteiger partial charge in [-0.1, -0.05) is 24.3 Å². The Labute approximate surface area is 162 Å². The maximum atomic E-state index is 13.2. The maximum Gasteiger partial charge on any atom is 0.197 e. The van der Waals surface area contributed by atoms with Crippen LogP contribution >= 0.6 is 0 Å². The summed E-state index contributed by atoms with van der Waals surface area (Å²) in [5, 5.41) is 18.7. The number of methoxy groups -OCH3 is 1. The molecule has 2 aromatic carbocycles. The summed E-state index contributed by atoms with van der Waals surface area (Å²) in [7, 11) is 1.55. The molecular formula is C22H22O6. The van der Waals surface area contributed by atoms with E-state index in [4.69, 9.17) is 14.3 Å². The first-order valence-electron chi connectivity index (χ1n) is 9.03. The van der Waals surface area contributed by atoms with E-state index < -0.39 is 6.61 Å². The van der Waals surface area contributed by atoms with Crippen molar-refractivity contribution >= 4 is 22.5 Å². The Kier molecular flexibility index (Phi) is 6.23. The Balaban J connectivity index is 2.01. The predicted molar refractivity (Wildman–Crippen MR) is 104 cm³/mol. The number of ether oxygens (including phenoxy) is 1. The number of aliphatic hydroxyl groups excluding tert-OH is 2. The average molecular weight is 382 g/mol. The Bertz CT molecular complexity index is 984. The number of hydrogen-bond donors (Lipinski definition) is 2. The average Bonchev–Trinajstić information content (AvgIpc) is 3.10. The molecule has 0 radical (unpaired) electrons. The van der Waals surface area contributed by atoms with Gasteiger partial charge in [0.15, 0.2) is 11.6 Å². The fourth-order valence-electron chi connectivity index (χ4n) is 3.11. The molecule has 0 spiro atoms. The van der Waals surface area contributed by atoms with E-state index in [0.29, 0.717) is 46.4 Å². The third-order valence-corrected chi connectivity index (χ3v) is 4.63. The van der Waals surface area contributed by atoms with Gasteiger partial charge in [-0.05, 0) is 30.2 Å². The maximum absolute atomic E-state index is 13.2. The zero-order valence-electron chi connectivity index (χ0n) is 15.6. The molecule has 0 unspecified atom stereocenters. The Morgan fingerprint density at radius 3 is 2.46 bits per heavy atom. The number of fused-ring (bicyclic) bond motifs is 1. The summed E-state index contributed by atoms with van der Waals surface area (Å²) in [6, 6.07) is 12.0. The summed E-state index contributed by atoms with van der Waals surface area (Å²) in [6.45, 7) is -0.579. The van der Waals surface area contributed by atoms with Crippen molar-refractivity contribution in [2.24, 2.45) is 0 Å². The normalized spacial score (nSPS) is 11.0. The molecule has 146 valence electrons. The van der Waals surface area contributed by atoms with Crippen LogP contribution in [0.15, 0.2) is 46.9 Å². The molecule has 0 aliphatic carbocycles. The molecule has 0 aliphatic rings. The van der Waals surface area contributed by atoms with Crippen molar-refractivity contribution in [3.05, 3.63) is 64.9 Å². The van der Waals surface area contributed by atoms with Crippen molar-refractivity contribution in [2.45, 2.75) is 25.9 Å². The number of furan rings is 1. The van der Waals surface area contributed by atoms with Crippen molar-refractivity contribution in [3.8, 4) is 5.75 Å². The molecule has 0 aliphatic heterocycles. The van der Waals surface area contributed by atoms with Crippen LogP contribution in [-0.4, -0.2) is 35.5 Å². The van der Waals surface area contributed by atoms with E-state index >= 15 is 0 Å². The molecular weight excluding hydrogens is 360 g/mol. The van der Waals surface area contributed by atoms with Crippen molar-refractivity contribution in [1.29, 1.82) is 0 Å². The van der Waals surface area contributed by atoms with Gasteiger partial charge in [0.2, 0.25) is 0 Å². The fraction of sp³-hybridized carbons (Fsp3) is 0.273. The lowest BCUT2D eigenvalue weighted by atomic mass is 9.97. The molecule has 28 heavy (non-hydrogen) atoms.